The minimum Gasteiger partial charge on any atom is -0.440 e. The molecule has 1 aromatic carbocycles. The Morgan fingerprint density at radius 2 is 1.88 bits per heavy atom. The van der Waals surface area contributed by atoms with Crippen molar-refractivity contribution in [2.75, 3.05) is 11.9 Å². The highest BCUT2D eigenvalue weighted by Crippen LogP contribution is 2.16. The van der Waals surface area contributed by atoms with Crippen LogP contribution in [0, 0.1) is 11.6 Å². The van der Waals surface area contributed by atoms with Crippen molar-refractivity contribution < 1.29 is 31.5 Å². The molecule has 0 unspecified atom stereocenters. The number of rotatable bonds is 2. The monoisotopic (exact) mass is 255 g/mol. The summed E-state index contributed by atoms with van der Waals surface area (Å²) in [7, 11) is 0. The Morgan fingerprint density at radius 3 is 2.41 bits per heavy atom. The lowest BCUT2D eigenvalue weighted by Crippen LogP contribution is -2.23. The van der Waals surface area contributed by atoms with Crippen molar-refractivity contribution in [3.8, 4) is 0 Å². The van der Waals surface area contributed by atoms with Crippen LogP contribution in [-0.2, 0) is 4.74 Å². The molecule has 17 heavy (non-hydrogen) atoms. The van der Waals surface area contributed by atoms with Gasteiger partial charge in [-0.3, -0.25) is 5.32 Å². The fourth-order valence-electron chi connectivity index (χ4n) is 0.875. The van der Waals surface area contributed by atoms with Gasteiger partial charge in [-0.05, 0) is 12.1 Å². The van der Waals surface area contributed by atoms with Crippen LogP contribution in [0.1, 0.15) is 0 Å². The third-order valence-electron chi connectivity index (χ3n) is 1.53. The number of carbonyl (C=O) groups is 1. The largest absolute Gasteiger partial charge is 0.440 e. The summed E-state index contributed by atoms with van der Waals surface area (Å²) in [5, 5.41) is 1.81. The van der Waals surface area contributed by atoms with E-state index in [-0.39, 0.29) is 5.69 Å². The maximum Gasteiger partial charge on any atom is 0.422 e. The molecule has 0 atom stereocenters. The molecular weight excluding hydrogens is 249 g/mol. The van der Waals surface area contributed by atoms with E-state index in [9.17, 15) is 26.7 Å². The second-order valence-electron chi connectivity index (χ2n) is 2.95. The molecule has 94 valence electrons. The summed E-state index contributed by atoms with van der Waals surface area (Å²) in [6.45, 7) is -1.76. The van der Waals surface area contributed by atoms with E-state index >= 15 is 0 Å². The standard InChI is InChI=1S/C9H6F5NO2/c10-6-2-1-5(3-7(6)11)15-8(16)17-4-9(12,13)14/h1-3H,4H2,(H,15,16). The maximum absolute atomic E-state index is 12.7. The maximum atomic E-state index is 12.7. The molecule has 1 N–H and O–H groups in total. The summed E-state index contributed by atoms with van der Waals surface area (Å²) in [5.41, 5.74) is -0.212. The van der Waals surface area contributed by atoms with Gasteiger partial charge in [0.2, 0.25) is 0 Å². The van der Waals surface area contributed by atoms with Gasteiger partial charge in [0.1, 0.15) is 0 Å². The molecule has 0 aliphatic carbocycles. The Labute approximate surface area is 92.2 Å². The quantitative estimate of drug-likeness (QED) is 0.825. The van der Waals surface area contributed by atoms with E-state index in [1.807, 2.05) is 5.32 Å². The molecule has 0 bridgehead atoms. The minimum absolute atomic E-state index is 0.212. The molecule has 8 heteroatoms. The minimum atomic E-state index is -4.65. The lowest BCUT2D eigenvalue weighted by atomic mass is 10.3. The fraction of sp³-hybridized carbons (Fsp3) is 0.222. The number of halogens is 5. The number of hydrogen-bond donors (Lipinski definition) is 1. The highest BCUT2D eigenvalue weighted by Gasteiger charge is 2.29. The molecule has 1 aromatic rings. The first-order valence-electron chi connectivity index (χ1n) is 4.23. The third kappa shape index (κ3) is 4.66. The Morgan fingerprint density at radius 1 is 1.24 bits per heavy atom. The Bertz CT molecular complexity index is 418. The topological polar surface area (TPSA) is 38.3 Å². The van der Waals surface area contributed by atoms with E-state index in [1.54, 1.807) is 0 Å². The molecule has 0 saturated heterocycles. The summed E-state index contributed by atoms with van der Waals surface area (Å²) in [6, 6.07) is 2.31. The third-order valence-corrected chi connectivity index (χ3v) is 1.53. The van der Waals surface area contributed by atoms with Crippen molar-refractivity contribution in [3.63, 3.8) is 0 Å². The molecule has 0 aliphatic heterocycles. The number of carbonyl (C=O) groups excluding carboxylic acids is 1. The normalized spacial score (nSPS) is 11.1. The van der Waals surface area contributed by atoms with Crippen molar-refractivity contribution >= 4 is 11.8 Å². The van der Waals surface area contributed by atoms with E-state index in [0.29, 0.717) is 12.1 Å². The Kier molecular flexibility index (Phi) is 3.87. The van der Waals surface area contributed by atoms with Gasteiger partial charge < -0.3 is 4.74 Å². The van der Waals surface area contributed by atoms with Gasteiger partial charge in [0.15, 0.2) is 18.2 Å². The van der Waals surface area contributed by atoms with E-state index < -0.39 is 30.5 Å². The van der Waals surface area contributed by atoms with Crippen molar-refractivity contribution in [2.24, 2.45) is 0 Å². The molecule has 0 aliphatic rings. The lowest BCUT2D eigenvalue weighted by molar-refractivity contribution is -0.159. The van der Waals surface area contributed by atoms with Crippen LogP contribution in [0.2, 0.25) is 0 Å². The predicted molar refractivity (Wildman–Crippen MR) is 47.4 cm³/mol. The summed E-state index contributed by atoms with van der Waals surface area (Å²) in [6.07, 6.45) is -6.06. The van der Waals surface area contributed by atoms with E-state index in [1.165, 1.54) is 0 Å². The van der Waals surface area contributed by atoms with Gasteiger partial charge >= 0.3 is 12.3 Å². The zero-order valence-electron chi connectivity index (χ0n) is 8.15. The first-order chi connectivity index (χ1) is 7.78. The number of hydrogen-bond acceptors (Lipinski definition) is 2. The summed E-state index contributed by atoms with van der Waals surface area (Å²) in [5.74, 6) is -2.38. The highest BCUT2D eigenvalue weighted by molar-refractivity contribution is 5.84. The molecule has 1 amide bonds. The van der Waals surface area contributed by atoms with Crippen LogP contribution in [0.4, 0.5) is 32.4 Å². The molecule has 3 nitrogen and oxygen atoms in total. The zero-order valence-corrected chi connectivity index (χ0v) is 8.15. The molecule has 1 rings (SSSR count). The van der Waals surface area contributed by atoms with Gasteiger partial charge in [0.05, 0.1) is 0 Å². The van der Waals surface area contributed by atoms with Crippen LogP contribution < -0.4 is 5.32 Å². The molecule has 0 heterocycles. The van der Waals surface area contributed by atoms with Crippen molar-refractivity contribution in [2.45, 2.75) is 6.18 Å². The lowest BCUT2D eigenvalue weighted by Gasteiger charge is -2.09. The predicted octanol–water partition coefficient (Wildman–Crippen LogP) is 3.08. The number of nitrogens with one attached hydrogen (secondary N) is 1. The van der Waals surface area contributed by atoms with Crippen LogP contribution in [0.25, 0.3) is 0 Å². The van der Waals surface area contributed by atoms with Crippen molar-refractivity contribution in [3.05, 3.63) is 29.8 Å². The highest BCUT2D eigenvalue weighted by atomic mass is 19.4. The van der Waals surface area contributed by atoms with E-state index in [2.05, 4.69) is 4.74 Å². The van der Waals surface area contributed by atoms with Gasteiger partial charge in [-0.1, -0.05) is 0 Å². The zero-order chi connectivity index (χ0) is 13.1. The molecule has 0 spiro atoms. The van der Waals surface area contributed by atoms with Gasteiger partial charge in [-0.2, -0.15) is 13.2 Å². The van der Waals surface area contributed by atoms with Crippen LogP contribution >= 0.6 is 0 Å². The Balaban J connectivity index is 2.54. The first-order valence-corrected chi connectivity index (χ1v) is 4.23. The fourth-order valence-corrected chi connectivity index (χ4v) is 0.875. The smallest absolute Gasteiger partial charge is 0.422 e. The summed E-state index contributed by atoms with van der Waals surface area (Å²) >= 11 is 0. The molecule has 0 radical (unpaired) electrons. The average Bonchev–Trinajstić information content (AvgIpc) is 2.20. The number of alkyl halides is 3. The van der Waals surface area contributed by atoms with E-state index in [0.717, 1.165) is 6.07 Å². The number of amides is 1. The van der Waals surface area contributed by atoms with Crippen LogP contribution in [0.5, 0.6) is 0 Å². The number of anilines is 1. The van der Waals surface area contributed by atoms with Crippen molar-refractivity contribution in [1.82, 2.24) is 0 Å². The first kappa shape index (κ1) is 13.2. The number of benzene rings is 1. The van der Waals surface area contributed by atoms with Gasteiger partial charge in [0, 0.05) is 11.8 Å². The SMILES string of the molecule is O=C(Nc1ccc(F)c(F)c1)OCC(F)(F)F. The van der Waals surface area contributed by atoms with Gasteiger partial charge in [-0.25, -0.2) is 13.6 Å². The van der Waals surface area contributed by atoms with Gasteiger partial charge in [-0.15, -0.1) is 0 Å². The average molecular weight is 255 g/mol. The molecule has 0 saturated carbocycles. The van der Waals surface area contributed by atoms with Crippen molar-refractivity contribution in [1.29, 1.82) is 0 Å². The molecule has 0 aromatic heterocycles. The summed E-state index contributed by atoms with van der Waals surface area (Å²) < 4.78 is 63.9. The van der Waals surface area contributed by atoms with E-state index in [4.69, 9.17) is 0 Å². The van der Waals surface area contributed by atoms with Crippen LogP contribution in [-0.4, -0.2) is 18.9 Å². The van der Waals surface area contributed by atoms with Crippen LogP contribution in [0.15, 0.2) is 18.2 Å². The summed E-state index contributed by atoms with van der Waals surface area (Å²) in [4.78, 5) is 10.8. The number of ether oxygens (including phenoxy) is 1. The second kappa shape index (κ2) is 4.98. The molecular formula is C9H6F5NO2. The Hall–Kier alpha value is -1.86. The van der Waals surface area contributed by atoms with Gasteiger partial charge in [0.25, 0.3) is 0 Å². The molecule has 0 fully saturated rings. The second-order valence-corrected chi connectivity index (χ2v) is 2.95. The van der Waals surface area contributed by atoms with Crippen LogP contribution in [0.3, 0.4) is 0 Å².